The molecule has 2 rings (SSSR count). The van der Waals surface area contributed by atoms with Gasteiger partial charge in [-0.3, -0.25) is 4.79 Å². The molecule has 0 radical (unpaired) electrons. The maximum absolute atomic E-state index is 12.8. The van der Waals surface area contributed by atoms with Gasteiger partial charge in [0.2, 0.25) is 5.90 Å². The van der Waals surface area contributed by atoms with E-state index >= 15 is 0 Å². The van der Waals surface area contributed by atoms with Gasteiger partial charge in [0.25, 0.3) is 5.91 Å². The van der Waals surface area contributed by atoms with Crippen LogP contribution in [0.25, 0.3) is 0 Å². The monoisotopic (exact) mass is 392 g/mol. The first kappa shape index (κ1) is 21.9. The van der Waals surface area contributed by atoms with Crippen molar-refractivity contribution in [2.24, 2.45) is 4.99 Å². The molecule has 0 saturated heterocycles. The van der Waals surface area contributed by atoms with Gasteiger partial charge in [0.1, 0.15) is 12.4 Å². The SMILES string of the molecule is C=CC[C@]1(C(=O)NCC(OC)OC)COC(c2ccc(OCCCO)cc2)=N1. The summed E-state index contributed by atoms with van der Waals surface area (Å²) >= 11 is 0. The number of aliphatic imine (C=N–C) groups is 1. The molecular formula is C20H28N2O6. The smallest absolute Gasteiger partial charge is 0.252 e. The van der Waals surface area contributed by atoms with E-state index in [1.54, 1.807) is 18.2 Å². The molecule has 1 heterocycles. The lowest BCUT2D eigenvalue weighted by molar-refractivity contribution is -0.132. The highest BCUT2D eigenvalue weighted by atomic mass is 16.7. The van der Waals surface area contributed by atoms with Crippen LogP contribution in [0.4, 0.5) is 0 Å². The van der Waals surface area contributed by atoms with Crippen LogP contribution in [0.5, 0.6) is 5.75 Å². The Hall–Kier alpha value is -2.42. The maximum atomic E-state index is 12.8. The number of nitrogens with one attached hydrogen (secondary N) is 1. The molecule has 8 heteroatoms. The summed E-state index contributed by atoms with van der Waals surface area (Å²) in [4.78, 5) is 17.3. The molecule has 0 aliphatic carbocycles. The number of hydrogen-bond donors (Lipinski definition) is 2. The number of rotatable bonds is 12. The third kappa shape index (κ3) is 5.54. The van der Waals surface area contributed by atoms with Crippen molar-refractivity contribution in [3.63, 3.8) is 0 Å². The van der Waals surface area contributed by atoms with E-state index in [9.17, 15) is 4.79 Å². The lowest BCUT2D eigenvalue weighted by Gasteiger charge is -2.23. The molecule has 0 aromatic heterocycles. The fourth-order valence-corrected chi connectivity index (χ4v) is 2.70. The molecule has 1 aromatic carbocycles. The Morgan fingerprint density at radius 3 is 2.71 bits per heavy atom. The van der Waals surface area contributed by atoms with Crippen LogP contribution < -0.4 is 10.1 Å². The largest absolute Gasteiger partial charge is 0.494 e. The zero-order valence-electron chi connectivity index (χ0n) is 16.3. The molecule has 1 atom stereocenters. The number of ether oxygens (including phenoxy) is 4. The predicted molar refractivity (Wildman–Crippen MR) is 104 cm³/mol. The highest BCUT2D eigenvalue weighted by Crippen LogP contribution is 2.27. The number of aliphatic hydroxyl groups is 1. The number of methoxy groups -OCH3 is 2. The average Bonchev–Trinajstić information content (AvgIpc) is 3.15. The second-order valence-corrected chi connectivity index (χ2v) is 6.29. The van der Waals surface area contributed by atoms with Crippen LogP contribution in [-0.2, 0) is 19.0 Å². The second kappa shape index (κ2) is 10.8. The Bertz CT molecular complexity index is 672. The highest BCUT2D eigenvalue weighted by Gasteiger charge is 2.43. The van der Waals surface area contributed by atoms with E-state index in [1.807, 2.05) is 12.1 Å². The molecule has 0 fully saturated rings. The Labute approximate surface area is 165 Å². The molecule has 0 saturated carbocycles. The van der Waals surface area contributed by atoms with E-state index < -0.39 is 11.8 Å². The zero-order valence-corrected chi connectivity index (χ0v) is 16.3. The lowest BCUT2D eigenvalue weighted by atomic mass is 9.96. The minimum absolute atomic E-state index is 0.0890. The topological polar surface area (TPSA) is 98.6 Å². The molecule has 28 heavy (non-hydrogen) atoms. The summed E-state index contributed by atoms with van der Waals surface area (Å²) in [6.07, 6.45) is 2.03. The molecule has 0 unspecified atom stereocenters. The summed E-state index contributed by atoms with van der Waals surface area (Å²) in [7, 11) is 3.01. The van der Waals surface area contributed by atoms with Crippen LogP contribution in [-0.4, -0.2) is 69.3 Å². The minimum atomic E-state index is -1.07. The number of carbonyl (C=O) groups is 1. The van der Waals surface area contributed by atoms with E-state index in [-0.39, 0.29) is 25.7 Å². The molecule has 1 aromatic rings. The standard InChI is InChI=1S/C20H28N2O6/c1-4-10-20(19(24)21-13-17(25-2)26-3)14-28-18(22-20)15-6-8-16(9-7-15)27-12-5-11-23/h4,6-9,17,23H,1,5,10-14H2,2-3H3,(H,21,24)/t20-/m1/s1. The predicted octanol–water partition coefficient (Wildman–Crippen LogP) is 1.27. The summed E-state index contributed by atoms with van der Waals surface area (Å²) in [5, 5.41) is 11.6. The molecule has 8 nitrogen and oxygen atoms in total. The summed E-state index contributed by atoms with van der Waals surface area (Å²) in [6, 6.07) is 7.24. The maximum Gasteiger partial charge on any atom is 0.252 e. The first-order chi connectivity index (χ1) is 13.6. The van der Waals surface area contributed by atoms with E-state index in [1.165, 1.54) is 14.2 Å². The molecule has 0 spiro atoms. The van der Waals surface area contributed by atoms with E-state index in [4.69, 9.17) is 24.1 Å². The Balaban J connectivity index is 2.09. The van der Waals surface area contributed by atoms with Crippen LogP contribution in [0.3, 0.4) is 0 Å². The normalized spacial score (nSPS) is 18.5. The van der Waals surface area contributed by atoms with Crippen molar-refractivity contribution in [2.45, 2.75) is 24.7 Å². The molecule has 2 N–H and O–H groups in total. The molecular weight excluding hydrogens is 364 g/mol. The summed E-state index contributed by atoms with van der Waals surface area (Å²) in [6.45, 7) is 4.60. The fourth-order valence-electron chi connectivity index (χ4n) is 2.70. The molecule has 154 valence electrons. The van der Waals surface area contributed by atoms with Crippen LogP contribution in [0.2, 0.25) is 0 Å². The zero-order chi connectivity index (χ0) is 20.4. The van der Waals surface area contributed by atoms with E-state index in [0.29, 0.717) is 31.1 Å². The van der Waals surface area contributed by atoms with Crippen molar-refractivity contribution < 1.29 is 28.8 Å². The minimum Gasteiger partial charge on any atom is -0.494 e. The van der Waals surface area contributed by atoms with Gasteiger partial charge in [-0.15, -0.1) is 6.58 Å². The van der Waals surface area contributed by atoms with Crippen molar-refractivity contribution >= 4 is 11.8 Å². The van der Waals surface area contributed by atoms with Crippen molar-refractivity contribution in [2.75, 3.05) is 40.6 Å². The number of benzene rings is 1. The van der Waals surface area contributed by atoms with Gasteiger partial charge in [0.05, 0.1) is 13.2 Å². The lowest BCUT2D eigenvalue weighted by Crippen LogP contribution is -2.48. The van der Waals surface area contributed by atoms with E-state index in [0.717, 1.165) is 5.56 Å². The fraction of sp³-hybridized carbons (Fsp3) is 0.500. The number of aliphatic hydroxyl groups excluding tert-OH is 1. The second-order valence-electron chi connectivity index (χ2n) is 6.29. The van der Waals surface area contributed by atoms with Gasteiger partial charge < -0.3 is 29.4 Å². The van der Waals surface area contributed by atoms with E-state index in [2.05, 4.69) is 16.9 Å². The number of carbonyl (C=O) groups excluding carboxylic acids is 1. The van der Waals surface area contributed by atoms with Gasteiger partial charge >= 0.3 is 0 Å². The van der Waals surface area contributed by atoms with Crippen molar-refractivity contribution in [3.05, 3.63) is 42.5 Å². The Morgan fingerprint density at radius 2 is 2.11 bits per heavy atom. The first-order valence-electron chi connectivity index (χ1n) is 9.10. The molecule has 0 bridgehead atoms. The van der Waals surface area contributed by atoms with Gasteiger partial charge in [-0.2, -0.15) is 0 Å². The third-order valence-corrected chi connectivity index (χ3v) is 4.30. The molecule has 1 aliphatic heterocycles. The molecule has 1 amide bonds. The van der Waals surface area contributed by atoms with Crippen LogP contribution >= 0.6 is 0 Å². The molecule has 1 aliphatic rings. The van der Waals surface area contributed by atoms with Gasteiger partial charge in [-0.25, -0.2) is 4.99 Å². The van der Waals surface area contributed by atoms with Crippen LogP contribution in [0.1, 0.15) is 18.4 Å². The summed E-state index contributed by atoms with van der Waals surface area (Å²) < 4.78 is 21.4. The average molecular weight is 392 g/mol. The van der Waals surface area contributed by atoms with Gasteiger partial charge in [0.15, 0.2) is 11.8 Å². The first-order valence-corrected chi connectivity index (χ1v) is 9.10. The Morgan fingerprint density at radius 1 is 1.39 bits per heavy atom. The highest BCUT2D eigenvalue weighted by molar-refractivity contribution is 6.00. The van der Waals surface area contributed by atoms with Crippen LogP contribution in [0.15, 0.2) is 41.9 Å². The van der Waals surface area contributed by atoms with Gasteiger partial charge in [-0.05, 0) is 24.3 Å². The van der Waals surface area contributed by atoms with Crippen molar-refractivity contribution in [1.29, 1.82) is 0 Å². The third-order valence-electron chi connectivity index (χ3n) is 4.30. The van der Waals surface area contributed by atoms with Gasteiger partial charge in [-0.1, -0.05) is 6.08 Å². The number of amides is 1. The quantitative estimate of drug-likeness (QED) is 0.316. The number of hydrogen-bond acceptors (Lipinski definition) is 7. The van der Waals surface area contributed by atoms with Crippen molar-refractivity contribution in [1.82, 2.24) is 5.32 Å². The van der Waals surface area contributed by atoms with Crippen LogP contribution in [0, 0.1) is 0 Å². The van der Waals surface area contributed by atoms with Gasteiger partial charge in [0, 0.05) is 39.2 Å². The Kier molecular flexibility index (Phi) is 8.43. The van der Waals surface area contributed by atoms with Crippen molar-refractivity contribution in [3.8, 4) is 5.75 Å². The number of nitrogens with zero attached hydrogens (tertiary/aromatic N) is 1. The summed E-state index contributed by atoms with van der Waals surface area (Å²) in [5.74, 6) is 0.815. The summed E-state index contributed by atoms with van der Waals surface area (Å²) in [5.41, 5.74) is -0.320.